The second-order valence-electron chi connectivity index (χ2n) is 4.06. The van der Waals surface area contributed by atoms with Crippen LogP contribution in [0.25, 0.3) is 0 Å². The van der Waals surface area contributed by atoms with Crippen LogP contribution in [0.3, 0.4) is 0 Å². The number of halogens is 2. The van der Waals surface area contributed by atoms with Crippen molar-refractivity contribution >= 4 is 47.4 Å². The molecule has 0 saturated carbocycles. The Bertz CT molecular complexity index is 675. The SMILES string of the molecule is CC(CS(C)(=O)=O)NS(=O)(=O)c1cc(Br)cnc1Cl. The molecule has 19 heavy (non-hydrogen) atoms. The van der Waals surface area contributed by atoms with Crippen molar-refractivity contribution in [3.05, 3.63) is 21.9 Å². The summed E-state index contributed by atoms with van der Waals surface area (Å²) in [6.07, 6.45) is 2.40. The van der Waals surface area contributed by atoms with E-state index < -0.39 is 25.9 Å². The highest BCUT2D eigenvalue weighted by atomic mass is 79.9. The number of rotatable bonds is 5. The third-order valence-electron chi connectivity index (χ3n) is 1.97. The van der Waals surface area contributed by atoms with Crippen LogP contribution in [0.15, 0.2) is 21.6 Å². The van der Waals surface area contributed by atoms with E-state index in [-0.39, 0.29) is 15.8 Å². The van der Waals surface area contributed by atoms with E-state index in [0.29, 0.717) is 4.47 Å². The first-order valence-corrected chi connectivity index (χ1v) is 9.74. The first kappa shape index (κ1) is 16.8. The number of hydrogen-bond acceptors (Lipinski definition) is 5. The van der Waals surface area contributed by atoms with Gasteiger partial charge in [0.15, 0.2) is 0 Å². The van der Waals surface area contributed by atoms with Crippen LogP contribution >= 0.6 is 27.5 Å². The molecule has 1 atom stereocenters. The molecule has 1 N–H and O–H groups in total. The van der Waals surface area contributed by atoms with Gasteiger partial charge in [0.1, 0.15) is 19.9 Å². The summed E-state index contributed by atoms with van der Waals surface area (Å²) in [5, 5.41) is -0.178. The molecule has 108 valence electrons. The molecule has 0 radical (unpaired) electrons. The van der Waals surface area contributed by atoms with Crippen molar-refractivity contribution in [1.82, 2.24) is 9.71 Å². The predicted octanol–water partition coefficient (Wildman–Crippen LogP) is 1.21. The Morgan fingerprint density at radius 2 is 2.00 bits per heavy atom. The summed E-state index contributed by atoms with van der Waals surface area (Å²) < 4.78 is 49.0. The fourth-order valence-electron chi connectivity index (χ4n) is 1.41. The Morgan fingerprint density at radius 3 is 2.53 bits per heavy atom. The molecule has 0 aromatic carbocycles. The molecule has 1 aromatic rings. The molecule has 1 rings (SSSR count). The lowest BCUT2D eigenvalue weighted by atomic mass is 10.4. The number of sulfonamides is 1. The van der Waals surface area contributed by atoms with E-state index in [2.05, 4.69) is 25.6 Å². The Balaban J connectivity index is 3.02. The highest BCUT2D eigenvalue weighted by Crippen LogP contribution is 2.22. The van der Waals surface area contributed by atoms with Gasteiger partial charge in [-0.1, -0.05) is 11.6 Å². The zero-order chi connectivity index (χ0) is 14.8. The summed E-state index contributed by atoms with van der Waals surface area (Å²) in [7, 11) is -7.20. The van der Waals surface area contributed by atoms with E-state index in [9.17, 15) is 16.8 Å². The number of hydrogen-bond donors (Lipinski definition) is 1. The van der Waals surface area contributed by atoms with E-state index in [1.165, 1.54) is 19.2 Å². The van der Waals surface area contributed by atoms with Crippen LogP contribution in [0.5, 0.6) is 0 Å². The van der Waals surface area contributed by atoms with E-state index in [0.717, 1.165) is 6.26 Å². The summed E-state index contributed by atoms with van der Waals surface area (Å²) in [4.78, 5) is 3.50. The monoisotopic (exact) mass is 390 g/mol. The van der Waals surface area contributed by atoms with Crippen LogP contribution in [0, 0.1) is 0 Å². The Hall–Kier alpha value is -0.220. The summed E-state index contributed by atoms with van der Waals surface area (Å²) in [6, 6.07) is 0.528. The molecular weight excluding hydrogens is 380 g/mol. The van der Waals surface area contributed by atoms with Crippen LogP contribution in [-0.4, -0.2) is 39.9 Å². The summed E-state index contributed by atoms with van der Waals surface area (Å²) in [6.45, 7) is 1.46. The minimum Gasteiger partial charge on any atom is -0.242 e. The van der Waals surface area contributed by atoms with Crippen LogP contribution in [-0.2, 0) is 19.9 Å². The molecule has 1 heterocycles. The third-order valence-corrected chi connectivity index (χ3v) is 5.53. The summed E-state index contributed by atoms with van der Waals surface area (Å²) in [5.41, 5.74) is 0. The number of pyridine rings is 1. The second kappa shape index (κ2) is 6.04. The van der Waals surface area contributed by atoms with Crippen LogP contribution in [0.1, 0.15) is 6.92 Å². The lowest BCUT2D eigenvalue weighted by molar-refractivity contribution is 0.564. The standard InChI is InChI=1S/C9H12BrClN2O4S2/c1-6(5-18(2,14)15)13-19(16,17)8-3-7(10)4-12-9(8)11/h3-4,6,13H,5H2,1-2H3. The molecule has 0 fully saturated rings. The van der Waals surface area contributed by atoms with Crippen molar-refractivity contribution in [2.45, 2.75) is 17.9 Å². The molecular formula is C9H12BrClN2O4S2. The van der Waals surface area contributed by atoms with Crippen LogP contribution < -0.4 is 4.72 Å². The number of nitrogens with one attached hydrogen (secondary N) is 1. The Morgan fingerprint density at radius 1 is 1.42 bits per heavy atom. The molecule has 0 bridgehead atoms. The maximum Gasteiger partial charge on any atom is 0.243 e. The number of aromatic nitrogens is 1. The number of sulfone groups is 1. The van der Waals surface area contributed by atoms with Gasteiger partial charge in [0, 0.05) is 23.0 Å². The number of nitrogens with zero attached hydrogens (tertiary/aromatic N) is 1. The fourth-order valence-corrected chi connectivity index (χ4v) is 4.69. The van der Waals surface area contributed by atoms with Gasteiger partial charge < -0.3 is 0 Å². The Kier molecular flexibility index (Phi) is 5.35. The first-order chi connectivity index (χ1) is 8.51. The van der Waals surface area contributed by atoms with Crippen molar-refractivity contribution in [3.8, 4) is 0 Å². The minimum absolute atomic E-state index is 0.178. The van der Waals surface area contributed by atoms with Gasteiger partial charge in [-0.2, -0.15) is 0 Å². The smallest absolute Gasteiger partial charge is 0.242 e. The zero-order valence-corrected chi connectivity index (χ0v) is 14.1. The minimum atomic E-state index is -3.92. The molecule has 0 amide bonds. The fraction of sp³-hybridized carbons (Fsp3) is 0.444. The van der Waals surface area contributed by atoms with Gasteiger partial charge in [-0.25, -0.2) is 26.5 Å². The van der Waals surface area contributed by atoms with E-state index in [1.54, 1.807) is 0 Å². The molecule has 0 aliphatic rings. The lowest BCUT2D eigenvalue weighted by Crippen LogP contribution is -2.37. The molecule has 0 saturated heterocycles. The highest BCUT2D eigenvalue weighted by Gasteiger charge is 2.23. The van der Waals surface area contributed by atoms with Crippen molar-refractivity contribution in [2.75, 3.05) is 12.0 Å². The second-order valence-corrected chi connectivity index (χ2v) is 9.20. The largest absolute Gasteiger partial charge is 0.243 e. The predicted molar refractivity (Wildman–Crippen MR) is 76.4 cm³/mol. The van der Waals surface area contributed by atoms with Gasteiger partial charge in [-0.05, 0) is 28.9 Å². The first-order valence-electron chi connectivity index (χ1n) is 5.02. The summed E-state index contributed by atoms with van der Waals surface area (Å²) in [5.74, 6) is -0.300. The van der Waals surface area contributed by atoms with Gasteiger partial charge in [-0.3, -0.25) is 0 Å². The molecule has 1 unspecified atom stereocenters. The Labute approximate surface area is 125 Å². The maximum atomic E-state index is 12.1. The van der Waals surface area contributed by atoms with E-state index in [1.807, 2.05) is 0 Å². The quantitative estimate of drug-likeness (QED) is 0.762. The maximum absolute atomic E-state index is 12.1. The molecule has 0 spiro atoms. The average Bonchev–Trinajstić information content (AvgIpc) is 2.17. The summed E-state index contributed by atoms with van der Waals surface area (Å²) >= 11 is 8.82. The lowest BCUT2D eigenvalue weighted by Gasteiger charge is -2.13. The normalized spacial score (nSPS) is 14.3. The highest BCUT2D eigenvalue weighted by molar-refractivity contribution is 9.10. The van der Waals surface area contributed by atoms with Crippen molar-refractivity contribution in [3.63, 3.8) is 0 Å². The van der Waals surface area contributed by atoms with Gasteiger partial charge >= 0.3 is 0 Å². The van der Waals surface area contributed by atoms with E-state index >= 15 is 0 Å². The van der Waals surface area contributed by atoms with Crippen molar-refractivity contribution in [1.29, 1.82) is 0 Å². The molecule has 0 aliphatic heterocycles. The molecule has 10 heteroatoms. The average molecular weight is 392 g/mol. The topological polar surface area (TPSA) is 93.2 Å². The zero-order valence-electron chi connectivity index (χ0n) is 10.1. The van der Waals surface area contributed by atoms with Gasteiger partial charge in [0.25, 0.3) is 0 Å². The van der Waals surface area contributed by atoms with Gasteiger partial charge in [0.2, 0.25) is 10.0 Å². The van der Waals surface area contributed by atoms with E-state index in [4.69, 9.17) is 11.6 Å². The van der Waals surface area contributed by atoms with Crippen molar-refractivity contribution < 1.29 is 16.8 Å². The van der Waals surface area contributed by atoms with Gasteiger partial charge in [-0.15, -0.1) is 0 Å². The third kappa shape index (κ3) is 5.35. The molecule has 0 aliphatic carbocycles. The molecule has 1 aromatic heterocycles. The van der Waals surface area contributed by atoms with Gasteiger partial charge in [0.05, 0.1) is 5.75 Å². The van der Waals surface area contributed by atoms with Crippen LogP contribution in [0.2, 0.25) is 5.15 Å². The molecule has 6 nitrogen and oxygen atoms in total. The van der Waals surface area contributed by atoms with Crippen LogP contribution in [0.4, 0.5) is 0 Å². The van der Waals surface area contributed by atoms with Crippen molar-refractivity contribution in [2.24, 2.45) is 0 Å².